The van der Waals surface area contributed by atoms with Crippen LogP contribution in [0.5, 0.6) is 0 Å². The average molecular weight is 703 g/mol. The van der Waals surface area contributed by atoms with Gasteiger partial charge in [-0.15, -0.1) is 0 Å². The average Bonchev–Trinajstić information content (AvgIpc) is 3.85. The molecule has 2 nitrogen and oxygen atoms in total. The quantitative estimate of drug-likeness (QED) is 0.277. The van der Waals surface area contributed by atoms with Crippen molar-refractivity contribution in [2.45, 2.75) is 174 Å². The fourth-order valence-electron chi connectivity index (χ4n) is 6.35. The molecule has 3 aliphatic rings. The van der Waals surface area contributed by atoms with E-state index in [1.165, 1.54) is 111 Å². The molecule has 3 aliphatic carbocycles. The van der Waals surface area contributed by atoms with Crippen LogP contribution in [0.15, 0.2) is 67.9 Å². The van der Waals surface area contributed by atoms with Crippen molar-refractivity contribution in [1.29, 1.82) is 5.41 Å². The molecule has 3 atom stereocenters. The van der Waals surface area contributed by atoms with Crippen LogP contribution in [-0.4, -0.2) is 5.71 Å². The van der Waals surface area contributed by atoms with Crippen molar-refractivity contribution in [2.24, 2.45) is 28.4 Å². The molecule has 2 bridgehead atoms. The second-order valence-corrected chi connectivity index (χ2v) is 15.5. The van der Waals surface area contributed by atoms with Crippen LogP contribution in [0.2, 0.25) is 0 Å². The zero-order valence-corrected chi connectivity index (χ0v) is 35.4. The van der Waals surface area contributed by atoms with E-state index in [0.29, 0.717) is 5.92 Å². The highest BCUT2D eigenvalue weighted by atomic mass is 14.6. The summed E-state index contributed by atoms with van der Waals surface area (Å²) < 4.78 is 0. The predicted octanol–water partition coefficient (Wildman–Crippen LogP) is 16.1. The molecule has 1 unspecified atom stereocenters. The first-order valence-corrected chi connectivity index (χ1v) is 19.9. The van der Waals surface area contributed by atoms with Crippen molar-refractivity contribution in [2.75, 3.05) is 0 Å². The molecule has 0 heterocycles. The summed E-state index contributed by atoms with van der Waals surface area (Å²) in [6.07, 6.45) is 22.2. The molecule has 3 N–H and O–H groups in total. The second-order valence-electron chi connectivity index (χ2n) is 15.5. The van der Waals surface area contributed by atoms with Gasteiger partial charge in [-0.2, -0.15) is 0 Å². The SMILES string of the molecule is C.C=C(C)c1ccc(C)c(/C=C/C)c1.C=CN.CC(=N)C1CC1.CCCC.CCCC.CCCC1C[C@@]2(C)CC[C@]1(C)C2.Cc1ccccc1C. The van der Waals surface area contributed by atoms with Crippen molar-refractivity contribution >= 4 is 17.4 Å². The Morgan fingerprint density at radius 1 is 0.843 bits per heavy atom. The monoisotopic (exact) mass is 703 g/mol. The fraction of sp³-hybridized carbons (Fsp3) is 0.612. The van der Waals surface area contributed by atoms with E-state index in [9.17, 15) is 0 Å². The first-order valence-electron chi connectivity index (χ1n) is 19.9. The summed E-state index contributed by atoms with van der Waals surface area (Å²) >= 11 is 0. The number of nitrogens with two attached hydrogens (primary N) is 1. The number of unbranched alkanes of at least 4 members (excludes halogenated alkanes) is 2. The molecular formula is C49H86N2. The van der Waals surface area contributed by atoms with E-state index >= 15 is 0 Å². The van der Waals surface area contributed by atoms with Crippen molar-refractivity contribution in [3.05, 3.63) is 95.7 Å². The van der Waals surface area contributed by atoms with Gasteiger partial charge in [0.15, 0.2) is 0 Å². The largest absolute Gasteiger partial charge is 0.405 e. The van der Waals surface area contributed by atoms with E-state index in [1.54, 1.807) is 0 Å². The van der Waals surface area contributed by atoms with Crippen LogP contribution < -0.4 is 5.73 Å². The van der Waals surface area contributed by atoms with Gasteiger partial charge < -0.3 is 11.1 Å². The lowest BCUT2D eigenvalue weighted by Gasteiger charge is -2.32. The summed E-state index contributed by atoms with van der Waals surface area (Å²) in [4.78, 5) is 0. The molecule has 3 fully saturated rings. The molecule has 2 aromatic rings. The highest BCUT2D eigenvalue weighted by Crippen LogP contribution is 2.64. The van der Waals surface area contributed by atoms with Crippen LogP contribution in [0.3, 0.4) is 0 Å². The van der Waals surface area contributed by atoms with Crippen molar-refractivity contribution in [1.82, 2.24) is 0 Å². The molecule has 0 amide bonds. The number of allylic oxidation sites excluding steroid dienone is 2. The van der Waals surface area contributed by atoms with Crippen molar-refractivity contribution in [3.63, 3.8) is 0 Å². The fourth-order valence-corrected chi connectivity index (χ4v) is 6.35. The second kappa shape index (κ2) is 29.7. The van der Waals surface area contributed by atoms with Crippen LogP contribution >= 0.6 is 0 Å². The lowest BCUT2D eigenvalue weighted by molar-refractivity contribution is 0.183. The summed E-state index contributed by atoms with van der Waals surface area (Å²) in [6, 6.07) is 14.8. The van der Waals surface area contributed by atoms with E-state index in [4.69, 9.17) is 5.41 Å². The number of hydrogen-bond donors (Lipinski definition) is 2. The van der Waals surface area contributed by atoms with Gasteiger partial charge in [0.05, 0.1) is 0 Å². The zero-order chi connectivity index (χ0) is 38.8. The molecule has 2 aromatic carbocycles. The Morgan fingerprint density at radius 2 is 1.33 bits per heavy atom. The topological polar surface area (TPSA) is 49.9 Å². The minimum Gasteiger partial charge on any atom is -0.405 e. The first-order chi connectivity index (χ1) is 23.6. The van der Waals surface area contributed by atoms with Gasteiger partial charge in [-0.05, 0) is 143 Å². The number of hydrogen-bond acceptors (Lipinski definition) is 2. The van der Waals surface area contributed by atoms with E-state index in [1.807, 2.05) is 20.8 Å². The normalized spacial score (nSPS) is 20.2. The Balaban J connectivity index is -0.000000559. The maximum Gasteiger partial charge on any atom is 0.00891 e. The molecule has 0 saturated heterocycles. The lowest BCUT2D eigenvalue weighted by atomic mass is 9.73. The maximum absolute atomic E-state index is 7.01. The highest BCUT2D eigenvalue weighted by molar-refractivity contribution is 5.83. The van der Waals surface area contributed by atoms with Crippen LogP contribution in [-0.2, 0) is 0 Å². The van der Waals surface area contributed by atoms with Crippen LogP contribution in [0, 0.1) is 48.8 Å². The zero-order valence-electron chi connectivity index (χ0n) is 35.4. The summed E-state index contributed by atoms with van der Waals surface area (Å²) in [5, 5.41) is 7.01. The van der Waals surface area contributed by atoms with Crippen LogP contribution in [0.4, 0.5) is 0 Å². The van der Waals surface area contributed by atoms with Gasteiger partial charge in [0, 0.05) is 5.71 Å². The summed E-state index contributed by atoms with van der Waals surface area (Å²) in [7, 11) is 0. The molecule has 3 saturated carbocycles. The van der Waals surface area contributed by atoms with E-state index in [0.717, 1.165) is 28.0 Å². The third-order valence-corrected chi connectivity index (χ3v) is 10.2. The Hall–Kier alpha value is -2.87. The third-order valence-electron chi connectivity index (χ3n) is 10.2. The standard InChI is InChI=1S/C13H16.C12H22.C8H10.C5H9N.2C4H10.C2H5N.CH4/c1-5-6-13-9-12(10(2)3)8-7-11(13)4;1-4-5-10-8-11(2)6-7-12(10,3)9-11;1-7-5-3-4-6-8(7)2;1-4(6)5-2-3-5;2*1-3-4-2;1-2-3;/h5-9H,2H2,1,3-4H3;10H,4-9H2,1-3H3;3-6H,1-2H3;5-6H,2-3H2,1H3;2*3-4H2,1-2H3;2H,1,3H2;1H4/b6-5+;;;;;;;/t;10?,11-,12-;;;;;;/m.1....../s1. The van der Waals surface area contributed by atoms with Crippen molar-refractivity contribution in [3.8, 4) is 0 Å². The number of nitrogens with one attached hydrogen (secondary N) is 1. The van der Waals surface area contributed by atoms with E-state index < -0.39 is 0 Å². The molecule has 0 aromatic heterocycles. The number of rotatable bonds is 7. The van der Waals surface area contributed by atoms with Crippen molar-refractivity contribution < 1.29 is 0 Å². The Kier molecular flexibility index (Phi) is 30.5. The number of aryl methyl sites for hydroxylation is 3. The van der Waals surface area contributed by atoms with Crippen LogP contribution in [0.1, 0.15) is 182 Å². The third kappa shape index (κ3) is 23.3. The Bertz CT molecular complexity index is 1200. The Morgan fingerprint density at radius 3 is 1.61 bits per heavy atom. The van der Waals surface area contributed by atoms with Gasteiger partial charge in [0.25, 0.3) is 0 Å². The smallest absolute Gasteiger partial charge is 0.00891 e. The van der Waals surface area contributed by atoms with Gasteiger partial charge in [-0.25, -0.2) is 0 Å². The molecule has 0 aliphatic heterocycles. The molecule has 292 valence electrons. The number of fused-ring (bicyclic) bond motifs is 2. The Labute approximate surface area is 320 Å². The highest BCUT2D eigenvalue weighted by Gasteiger charge is 2.54. The molecular weight excluding hydrogens is 617 g/mol. The van der Waals surface area contributed by atoms with E-state index in [-0.39, 0.29) is 7.43 Å². The molecule has 0 radical (unpaired) electrons. The van der Waals surface area contributed by atoms with Gasteiger partial charge in [0.1, 0.15) is 0 Å². The molecule has 51 heavy (non-hydrogen) atoms. The minimum absolute atomic E-state index is 0. The number of benzene rings is 2. The van der Waals surface area contributed by atoms with E-state index in [2.05, 4.69) is 143 Å². The minimum atomic E-state index is 0. The van der Waals surface area contributed by atoms with Gasteiger partial charge in [-0.3, -0.25) is 0 Å². The predicted molar refractivity (Wildman–Crippen MR) is 238 cm³/mol. The lowest BCUT2D eigenvalue weighted by Crippen LogP contribution is -2.22. The maximum atomic E-state index is 7.01. The summed E-state index contributed by atoms with van der Waals surface area (Å²) in [6.45, 7) is 35.5. The summed E-state index contributed by atoms with van der Waals surface area (Å²) in [5.41, 5.74) is 14.6. The van der Waals surface area contributed by atoms with Gasteiger partial charge >= 0.3 is 0 Å². The van der Waals surface area contributed by atoms with Gasteiger partial charge in [0.2, 0.25) is 0 Å². The van der Waals surface area contributed by atoms with Crippen LogP contribution in [0.25, 0.3) is 11.6 Å². The molecule has 5 rings (SSSR count). The first kappa shape index (κ1) is 52.5. The van der Waals surface area contributed by atoms with Gasteiger partial charge in [-0.1, -0.05) is 162 Å². The molecule has 2 heteroatoms. The molecule has 0 spiro atoms. The summed E-state index contributed by atoms with van der Waals surface area (Å²) in [5.74, 6) is 1.74.